The molecule has 4 heteroatoms. The van der Waals surface area contributed by atoms with Gasteiger partial charge in [-0.15, -0.1) is 0 Å². The predicted octanol–water partition coefficient (Wildman–Crippen LogP) is 4.50. The molecule has 0 saturated heterocycles. The quantitative estimate of drug-likeness (QED) is 0.693. The van der Waals surface area contributed by atoms with E-state index < -0.39 is 0 Å². The van der Waals surface area contributed by atoms with E-state index in [1.54, 1.807) is 30.3 Å². The molecule has 4 nitrogen and oxygen atoms in total. The summed E-state index contributed by atoms with van der Waals surface area (Å²) in [5.41, 5.74) is 5.63. The molecule has 0 amide bonds. The van der Waals surface area contributed by atoms with Crippen LogP contribution in [-0.2, 0) is 0 Å². The van der Waals surface area contributed by atoms with Crippen LogP contribution in [-0.4, -0.2) is 16.5 Å². The van der Waals surface area contributed by atoms with Crippen molar-refractivity contribution >= 4 is 17.9 Å². The third-order valence-electron chi connectivity index (χ3n) is 4.67. The minimum Gasteiger partial charge on any atom is -0.508 e. The summed E-state index contributed by atoms with van der Waals surface area (Å²) >= 11 is 0. The fraction of sp³-hybridized carbons (Fsp3) is 0.0952. The van der Waals surface area contributed by atoms with E-state index in [9.17, 15) is 15.0 Å². The number of phenolic OH excluding ortho intramolecular Hbond substituents is 2. The molecule has 3 aromatic rings. The topological polar surface area (TPSA) is 70.7 Å². The number of fused-ring (bicyclic) bond motifs is 1. The van der Waals surface area contributed by atoms with Gasteiger partial charge in [0, 0.05) is 11.5 Å². The number of aldehydes is 1. The lowest BCUT2D eigenvalue weighted by atomic mass is 9.85. The van der Waals surface area contributed by atoms with Gasteiger partial charge in [0.2, 0.25) is 0 Å². The molecular weight excluding hydrogens is 316 g/mol. The molecule has 1 unspecified atom stereocenters. The second kappa shape index (κ2) is 5.67. The Kier molecular flexibility index (Phi) is 3.46. The van der Waals surface area contributed by atoms with Gasteiger partial charge in [-0.05, 0) is 71.2 Å². The van der Waals surface area contributed by atoms with Crippen LogP contribution in [0.15, 0.2) is 53.1 Å². The van der Waals surface area contributed by atoms with Crippen molar-refractivity contribution in [1.29, 1.82) is 0 Å². The van der Waals surface area contributed by atoms with Gasteiger partial charge in [-0.1, -0.05) is 12.1 Å². The minimum absolute atomic E-state index is 0.192. The second-order valence-electron chi connectivity index (χ2n) is 6.20. The summed E-state index contributed by atoms with van der Waals surface area (Å²) in [6.07, 6.45) is 4.28. The number of furan rings is 1. The lowest BCUT2D eigenvalue weighted by Crippen LogP contribution is -2.03. The first kappa shape index (κ1) is 15.3. The number of carbonyl (C=O) groups excluding carboxylic acids is 1. The third kappa shape index (κ3) is 2.43. The molecule has 2 aromatic carbocycles. The van der Waals surface area contributed by atoms with Crippen LogP contribution >= 0.6 is 0 Å². The zero-order chi connectivity index (χ0) is 17.6. The van der Waals surface area contributed by atoms with Crippen molar-refractivity contribution in [1.82, 2.24) is 0 Å². The first-order valence-corrected chi connectivity index (χ1v) is 7.95. The van der Waals surface area contributed by atoms with E-state index in [0.29, 0.717) is 6.29 Å². The fourth-order valence-electron chi connectivity index (χ4n) is 3.55. The Balaban J connectivity index is 1.96. The van der Waals surface area contributed by atoms with Gasteiger partial charge in [-0.3, -0.25) is 4.79 Å². The Morgan fingerprint density at radius 1 is 1.00 bits per heavy atom. The molecule has 124 valence electrons. The van der Waals surface area contributed by atoms with E-state index in [-0.39, 0.29) is 23.2 Å². The van der Waals surface area contributed by atoms with Crippen molar-refractivity contribution in [2.24, 2.45) is 0 Å². The minimum atomic E-state index is -0.218. The second-order valence-corrected chi connectivity index (χ2v) is 6.20. The number of hydrogen-bond acceptors (Lipinski definition) is 4. The Hall–Kier alpha value is -3.27. The van der Waals surface area contributed by atoms with Crippen LogP contribution in [0.2, 0.25) is 0 Å². The number of hydrogen-bond donors (Lipinski definition) is 2. The van der Waals surface area contributed by atoms with Gasteiger partial charge in [-0.25, -0.2) is 0 Å². The van der Waals surface area contributed by atoms with Crippen molar-refractivity contribution in [3.8, 4) is 11.5 Å². The van der Waals surface area contributed by atoms with E-state index in [1.165, 1.54) is 6.26 Å². The number of aryl methyl sites for hydroxylation is 1. The summed E-state index contributed by atoms with van der Waals surface area (Å²) in [6, 6.07) is 12.2. The first-order valence-electron chi connectivity index (χ1n) is 7.95. The lowest BCUT2D eigenvalue weighted by Gasteiger charge is -2.17. The van der Waals surface area contributed by atoms with Gasteiger partial charge in [0.15, 0.2) is 12.0 Å². The number of benzene rings is 2. The number of aromatic hydroxyl groups is 2. The van der Waals surface area contributed by atoms with Crippen LogP contribution in [0, 0.1) is 6.92 Å². The summed E-state index contributed by atoms with van der Waals surface area (Å²) < 4.78 is 5.31. The van der Waals surface area contributed by atoms with Crippen LogP contribution in [0.25, 0.3) is 11.6 Å². The molecule has 1 heterocycles. The highest BCUT2D eigenvalue weighted by Gasteiger charge is 2.32. The maximum absolute atomic E-state index is 11.4. The Morgan fingerprint density at radius 3 is 2.48 bits per heavy atom. The molecule has 0 fully saturated rings. The van der Waals surface area contributed by atoms with Gasteiger partial charge in [-0.2, -0.15) is 0 Å². The van der Waals surface area contributed by atoms with E-state index in [4.69, 9.17) is 4.42 Å². The third-order valence-corrected chi connectivity index (χ3v) is 4.67. The molecule has 2 N–H and O–H groups in total. The fourth-order valence-corrected chi connectivity index (χ4v) is 3.55. The number of phenols is 2. The van der Waals surface area contributed by atoms with E-state index >= 15 is 0 Å². The molecule has 25 heavy (non-hydrogen) atoms. The maximum atomic E-state index is 11.4. The molecule has 1 aliphatic carbocycles. The normalized spacial score (nSPS) is 15.7. The van der Waals surface area contributed by atoms with Crippen molar-refractivity contribution < 1.29 is 19.4 Å². The average Bonchev–Trinajstić information content (AvgIpc) is 3.19. The highest BCUT2D eigenvalue weighted by atomic mass is 16.3. The van der Waals surface area contributed by atoms with Gasteiger partial charge < -0.3 is 14.6 Å². The number of carbonyl (C=O) groups is 1. The van der Waals surface area contributed by atoms with Crippen LogP contribution in [0.3, 0.4) is 0 Å². The predicted molar refractivity (Wildman–Crippen MR) is 94.8 cm³/mol. The summed E-state index contributed by atoms with van der Waals surface area (Å²) in [5, 5.41) is 19.6. The standard InChI is InChI=1S/C21H16O4/c1-12-8-15(24)9-19-17(12)10-18(13-2-4-14(23)5-3-13)21(19)16-6-7-25-20(16)11-22/h2-11,21,23-24H,1H3. The van der Waals surface area contributed by atoms with Gasteiger partial charge in [0.25, 0.3) is 0 Å². The van der Waals surface area contributed by atoms with E-state index in [2.05, 4.69) is 6.08 Å². The summed E-state index contributed by atoms with van der Waals surface area (Å²) in [4.78, 5) is 11.4. The smallest absolute Gasteiger partial charge is 0.185 e. The molecule has 4 rings (SSSR count). The van der Waals surface area contributed by atoms with E-state index in [0.717, 1.165) is 33.4 Å². The summed E-state index contributed by atoms with van der Waals surface area (Å²) in [5.74, 6) is 0.452. The van der Waals surface area contributed by atoms with Gasteiger partial charge in [0.1, 0.15) is 11.5 Å². The molecule has 0 aliphatic heterocycles. The van der Waals surface area contributed by atoms with Crippen molar-refractivity contribution in [2.45, 2.75) is 12.8 Å². The zero-order valence-electron chi connectivity index (χ0n) is 13.6. The number of rotatable bonds is 3. The first-order chi connectivity index (χ1) is 12.1. The monoisotopic (exact) mass is 332 g/mol. The highest BCUT2D eigenvalue weighted by Crippen LogP contribution is 2.48. The Bertz CT molecular complexity index is 993. The zero-order valence-corrected chi connectivity index (χ0v) is 13.6. The van der Waals surface area contributed by atoms with Gasteiger partial charge >= 0.3 is 0 Å². The molecular formula is C21H16O4. The SMILES string of the molecule is Cc1cc(O)cc2c1C=C(c1ccc(O)cc1)C2c1ccoc1C=O. The largest absolute Gasteiger partial charge is 0.508 e. The van der Waals surface area contributed by atoms with Crippen LogP contribution < -0.4 is 0 Å². The van der Waals surface area contributed by atoms with Crippen molar-refractivity contribution in [2.75, 3.05) is 0 Å². The molecule has 1 aliphatic rings. The molecule has 1 atom stereocenters. The Morgan fingerprint density at radius 2 is 1.76 bits per heavy atom. The molecule has 0 spiro atoms. The van der Waals surface area contributed by atoms with Crippen molar-refractivity contribution in [3.63, 3.8) is 0 Å². The lowest BCUT2D eigenvalue weighted by molar-refractivity contribution is 0.109. The average molecular weight is 332 g/mol. The summed E-state index contributed by atoms with van der Waals surface area (Å²) in [7, 11) is 0. The highest BCUT2D eigenvalue weighted by molar-refractivity contribution is 5.95. The Labute approximate surface area is 144 Å². The molecule has 0 saturated carbocycles. The number of allylic oxidation sites excluding steroid dienone is 1. The molecule has 1 aromatic heterocycles. The van der Waals surface area contributed by atoms with Crippen molar-refractivity contribution in [3.05, 3.63) is 82.3 Å². The maximum Gasteiger partial charge on any atom is 0.185 e. The van der Waals surface area contributed by atoms with Crippen LogP contribution in [0.1, 0.15) is 44.3 Å². The summed E-state index contributed by atoms with van der Waals surface area (Å²) in [6.45, 7) is 1.95. The van der Waals surface area contributed by atoms with Crippen LogP contribution in [0.4, 0.5) is 0 Å². The molecule has 0 bridgehead atoms. The molecule has 0 radical (unpaired) electrons. The van der Waals surface area contributed by atoms with Crippen LogP contribution in [0.5, 0.6) is 11.5 Å². The van der Waals surface area contributed by atoms with E-state index in [1.807, 2.05) is 19.1 Å². The van der Waals surface area contributed by atoms with Gasteiger partial charge in [0.05, 0.1) is 6.26 Å².